The van der Waals surface area contributed by atoms with Crippen molar-refractivity contribution in [2.75, 3.05) is 5.32 Å². The van der Waals surface area contributed by atoms with Crippen molar-refractivity contribution in [3.63, 3.8) is 0 Å². The van der Waals surface area contributed by atoms with E-state index in [1.54, 1.807) is 61.1 Å². The zero-order chi connectivity index (χ0) is 20.9. The number of carbonyl (C=O) groups is 2. The van der Waals surface area contributed by atoms with Gasteiger partial charge >= 0.3 is 0 Å². The molecule has 5 nitrogen and oxygen atoms in total. The van der Waals surface area contributed by atoms with Crippen LogP contribution in [-0.4, -0.2) is 21.2 Å². The number of halogens is 1. The zero-order valence-electron chi connectivity index (χ0n) is 16.0. The number of ketones is 1. The van der Waals surface area contributed by atoms with E-state index in [1.807, 2.05) is 35.0 Å². The number of aromatic nitrogens is 2. The molecule has 3 aromatic carbocycles. The third-order valence-corrected chi connectivity index (χ3v) is 4.91. The SMILES string of the molecule is O=C(Nc1ccc(Cn2ccnc2)cc1)c1ccccc1C(=O)c1ccc(Cl)cc1. The van der Waals surface area contributed by atoms with Crippen LogP contribution in [0.1, 0.15) is 31.8 Å². The molecule has 0 atom stereocenters. The van der Waals surface area contributed by atoms with Crippen LogP contribution in [0.2, 0.25) is 5.02 Å². The standard InChI is InChI=1S/C24H18ClN3O2/c25-19-9-7-18(8-10-19)23(29)21-3-1-2-4-22(21)24(30)27-20-11-5-17(6-12-20)15-28-14-13-26-16-28/h1-14,16H,15H2,(H,27,30). The van der Waals surface area contributed by atoms with Gasteiger partial charge in [-0.05, 0) is 48.0 Å². The minimum absolute atomic E-state index is 0.229. The van der Waals surface area contributed by atoms with E-state index in [2.05, 4.69) is 10.3 Å². The van der Waals surface area contributed by atoms with E-state index in [0.717, 1.165) is 5.56 Å². The van der Waals surface area contributed by atoms with E-state index in [-0.39, 0.29) is 11.7 Å². The Morgan fingerprint density at radius 2 is 1.60 bits per heavy atom. The van der Waals surface area contributed by atoms with E-state index < -0.39 is 0 Å². The number of amides is 1. The molecule has 0 aliphatic heterocycles. The summed E-state index contributed by atoms with van der Waals surface area (Å²) in [6.45, 7) is 0.701. The predicted octanol–water partition coefficient (Wildman–Crippen LogP) is 5.07. The summed E-state index contributed by atoms with van der Waals surface area (Å²) in [5.41, 5.74) is 2.88. The summed E-state index contributed by atoms with van der Waals surface area (Å²) in [6.07, 6.45) is 5.38. The number of hydrogen-bond acceptors (Lipinski definition) is 3. The zero-order valence-corrected chi connectivity index (χ0v) is 16.7. The van der Waals surface area contributed by atoms with Crippen molar-refractivity contribution in [3.8, 4) is 0 Å². The van der Waals surface area contributed by atoms with Crippen LogP contribution >= 0.6 is 11.6 Å². The topological polar surface area (TPSA) is 64.0 Å². The Labute approximate surface area is 179 Å². The van der Waals surface area contributed by atoms with Crippen LogP contribution in [0.4, 0.5) is 5.69 Å². The van der Waals surface area contributed by atoms with Gasteiger partial charge in [0.05, 0.1) is 11.9 Å². The van der Waals surface area contributed by atoms with Crippen molar-refractivity contribution < 1.29 is 9.59 Å². The summed E-state index contributed by atoms with van der Waals surface area (Å²) >= 11 is 5.91. The molecular weight excluding hydrogens is 398 g/mol. The highest BCUT2D eigenvalue weighted by Crippen LogP contribution is 2.19. The second-order valence-electron chi connectivity index (χ2n) is 6.77. The molecule has 148 valence electrons. The van der Waals surface area contributed by atoms with Gasteiger partial charge < -0.3 is 9.88 Å². The molecule has 0 radical (unpaired) electrons. The van der Waals surface area contributed by atoms with Crippen LogP contribution in [0.25, 0.3) is 0 Å². The normalized spacial score (nSPS) is 10.6. The molecule has 4 aromatic rings. The Morgan fingerprint density at radius 1 is 0.900 bits per heavy atom. The number of anilines is 1. The molecule has 0 aliphatic rings. The highest BCUT2D eigenvalue weighted by Gasteiger charge is 2.18. The maximum absolute atomic E-state index is 12.9. The van der Waals surface area contributed by atoms with Crippen molar-refractivity contribution in [1.82, 2.24) is 9.55 Å². The third-order valence-electron chi connectivity index (χ3n) is 4.66. The smallest absolute Gasteiger partial charge is 0.256 e. The van der Waals surface area contributed by atoms with Gasteiger partial charge in [0.2, 0.25) is 0 Å². The molecule has 0 fully saturated rings. The van der Waals surface area contributed by atoms with Crippen molar-refractivity contribution in [3.05, 3.63) is 119 Å². The first kappa shape index (κ1) is 19.6. The lowest BCUT2D eigenvalue weighted by Crippen LogP contribution is -2.17. The summed E-state index contributed by atoms with van der Waals surface area (Å²) in [4.78, 5) is 29.8. The molecule has 1 aromatic heterocycles. The summed E-state index contributed by atoms with van der Waals surface area (Å²) < 4.78 is 1.96. The fourth-order valence-electron chi connectivity index (χ4n) is 3.12. The van der Waals surface area contributed by atoms with E-state index in [0.29, 0.717) is 33.9 Å². The van der Waals surface area contributed by atoms with E-state index >= 15 is 0 Å². The van der Waals surface area contributed by atoms with Crippen LogP contribution in [0.15, 0.2) is 91.5 Å². The largest absolute Gasteiger partial charge is 0.333 e. The molecule has 1 heterocycles. The molecule has 6 heteroatoms. The minimum Gasteiger partial charge on any atom is -0.333 e. The molecule has 1 N–H and O–H groups in total. The van der Waals surface area contributed by atoms with E-state index in [9.17, 15) is 9.59 Å². The number of nitrogens with one attached hydrogen (secondary N) is 1. The first-order valence-electron chi connectivity index (χ1n) is 9.35. The summed E-state index contributed by atoms with van der Waals surface area (Å²) in [7, 11) is 0. The molecular formula is C24H18ClN3O2. The van der Waals surface area contributed by atoms with E-state index in [1.165, 1.54) is 0 Å². The number of benzene rings is 3. The Hall–Kier alpha value is -3.70. The van der Waals surface area contributed by atoms with Crippen molar-refractivity contribution in [1.29, 1.82) is 0 Å². The average Bonchev–Trinajstić information content (AvgIpc) is 3.28. The van der Waals surface area contributed by atoms with Gasteiger partial charge in [-0.3, -0.25) is 9.59 Å². The lowest BCUT2D eigenvalue weighted by Gasteiger charge is -2.11. The molecule has 1 amide bonds. The maximum atomic E-state index is 12.9. The van der Waals surface area contributed by atoms with Crippen molar-refractivity contribution in [2.24, 2.45) is 0 Å². The van der Waals surface area contributed by atoms with Gasteiger partial charge in [-0.2, -0.15) is 0 Å². The van der Waals surface area contributed by atoms with Gasteiger partial charge in [0.1, 0.15) is 0 Å². The van der Waals surface area contributed by atoms with Gasteiger partial charge in [-0.15, -0.1) is 0 Å². The van der Waals surface area contributed by atoms with Gasteiger partial charge in [-0.1, -0.05) is 41.9 Å². The Bertz CT molecular complexity index is 1170. The summed E-state index contributed by atoms with van der Waals surface area (Å²) in [5.74, 6) is -0.566. The fourth-order valence-corrected chi connectivity index (χ4v) is 3.24. The number of imidazole rings is 1. The Balaban J connectivity index is 1.51. The first-order chi connectivity index (χ1) is 14.6. The van der Waals surface area contributed by atoms with E-state index in [4.69, 9.17) is 11.6 Å². The van der Waals surface area contributed by atoms with Crippen LogP contribution in [-0.2, 0) is 6.54 Å². The van der Waals surface area contributed by atoms with Crippen LogP contribution in [0.3, 0.4) is 0 Å². The van der Waals surface area contributed by atoms with Gasteiger partial charge in [0.25, 0.3) is 5.91 Å². The van der Waals surface area contributed by atoms with Crippen LogP contribution in [0.5, 0.6) is 0 Å². The first-order valence-corrected chi connectivity index (χ1v) is 9.73. The summed E-state index contributed by atoms with van der Waals surface area (Å²) in [6, 6.07) is 21.0. The predicted molar refractivity (Wildman–Crippen MR) is 117 cm³/mol. The third kappa shape index (κ3) is 4.47. The molecule has 4 rings (SSSR count). The minimum atomic E-state index is -0.338. The number of hydrogen-bond donors (Lipinski definition) is 1. The number of nitrogens with zero attached hydrogens (tertiary/aromatic N) is 2. The molecule has 0 bridgehead atoms. The highest BCUT2D eigenvalue weighted by atomic mass is 35.5. The molecule has 0 saturated heterocycles. The fraction of sp³-hybridized carbons (Fsp3) is 0.0417. The number of rotatable bonds is 6. The lowest BCUT2D eigenvalue weighted by molar-refractivity contribution is 0.0996. The Kier molecular flexibility index (Phi) is 5.72. The molecule has 0 spiro atoms. The number of carbonyl (C=O) groups excluding carboxylic acids is 2. The molecule has 30 heavy (non-hydrogen) atoms. The summed E-state index contributed by atoms with van der Waals surface area (Å²) in [5, 5.41) is 3.42. The van der Waals surface area contributed by atoms with Gasteiger partial charge in [0, 0.05) is 40.8 Å². The lowest BCUT2D eigenvalue weighted by atomic mass is 9.98. The van der Waals surface area contributed by atoms with Crippen molar-refractivity contribution >= 4 is 29.0 Å². The van der Waals surface area contributed by atoms with Gasteiger partial charge in [-0.25, -0.2) is 4.98 Å². The second-order valence-corrected chi connectivity index (χ2v) is 7.20. The molecule has 0 saturated carbocycles. The molecule has 0 unspecified atom stereocenters. The second kappa shape index (κ2) is 8.76. The van der Waals surface area contributed by atoms with Gasteiger partial charge in [0.15, 0.2) is 5.78 Å². The van der Waals surface area contributed by atoms with Crippen LogP contribution in [0, 0.1) is 0 Å². The maximum Gasteiger partial charge on any atom is 0.256 e. The quantitative estimate of drug-likeness (QED) is 0.447. The molecule has 0 aliphatic carbocycles. The van der Waals surface area contributed by atoms with Crippen molar-refractivity contribution in [2.45, 2.75) is 6.54 Å². The monoisotopic (exact) mass is 415 g/mol. The Morgan fingerprint density at radius 3 is 2.27 bits per heavy atom. The average molecular weight is 416 g/mol. The highest BCUT2D eigenvalue weighted by molar-refractivity contribution is 6.30. The van der Waals surface area contributed by atoms with Crippen LogP contribution < -0.4 is 5.32 Å².